The summed E-state index contributed by atoms with van der Waals surface area (Å²) in [6, 6.07) is 6.21. The zero-order valence-corrected chi connectivity index (χ0v) is 11.8. The third kappa shape index (κ3) is 4.68. The van der Waals surface area contributed by atoms with E-state index in [0.717, 1.165) is 11.1 Å². The standard InChI is InChI=1S/C15H17NO4/c1-4-20-15(17)12(3)9-11(2)10-13-5-7-14(8-6-13)16(18)19/h5-10H,4H2,1-3H3. The molecular weight excluding hydrogens is 258 g/mol. The number of esters is 1. The summed E-state index contributed by atoms with van der Waals surface area (Å²) in [6.07, 6.45) is 3.56. The highest BCUT2D eigenvalue weighted by molar-refractivity contribution is 5.88. The van der Waals surface area contributed by atoms with Gasteiger partial charge in [0.15, 0.2) is 0 Å². The van der Waals surface area contributed by atoms with Crippen LogP contribution in [0.1, 0.15) is 26.3 Å². The van der Waals surface area contributed by atoms with Gasteiger partial charge in [-0.25, -0.2) is 4.79 Å². The average Bonchev–Trinajstić information content (AvgIpc) is 2.39. The van der Waals surface area contributed by atoms with E-state index in [9.17, 15) is 14.9 Å². The molecule has 0 amide bonds. The van der Waals surface area contributed by atoms with Crippen LogP contribution in [0, 0.1) is 10.1 Å². The van der Waals surface area contributed by atoms with Crippen LogP contribution in [-0.4, -0.2) is 17.5 Å². The molecule has 0 radical (unpaired) electrons. The molecule has 0 spiro atoms. The molecule has 0 unspecified atom stereocenters. The molecule has 1 aromatic rings. The fraction of sp³-hybridized carbons (Fsp3) is 0.267. The third-order valence-corrected chi connectivity index (χ3v) is 2.54. The lowest BCUT2D eigenvalue weighted by atomic mass is 10.1. The number of non-ortho nitro benzene ring substituents is 1. The van der Waals surface area contributed by atoms with E-state index in [0.29, 0.717) is 12.2 Å². The molecule has 20 heavy (non-hydrogen) atoms. The number of ether oxygens (including phenoxy) is 1. The molecule has 0 N–H and O–H groups in total. The lowest BCUT2D eigenvalue weighted by Crippen LogP contribution is -2.05. The summed E-state index contributed by atoms with van der Waals surface area (Å²) < 4.78 is 4.89. The highest BCUT2D eigenvalue weighted by Crippen LogP contribution is 2.15. The molecule has 0 heterocycles. The molecule has 0 atom stereocenters. The highest BCUT2D eigenvalue weighted by atomic mass is 16.6. The van der Waals surface area contributed by atoms with Gasteiger partial charge in [-0.1, -0.05) is 11.6 Å². The van der Waals surface area contributed by atoms with Crippen molar-refractivity contribution >= 4 is 17.7 Å². The van der Waals surface area contributed by atoms with E-state index in [1.165, 1.54) is 12.1 Å². The van der Waals surface area contributed by atoms with Gasteiger partial charge in [0.25, 0.3) is 5.69 Å². The maximum Gasteiger partial charge on any atom is 0.333 e. The smallest absolute Gasteiger partial charge is 0.333 e. The summed E-state index contributed by atoms with van der Waals surface area (Å²) in [4.78, 5) is 21.6. The first-order valence-electron chi connectivity index (χ1n) is 6.22. The number of carbonyl (C=O) groups excluding carboxylic acids is 1. The zero-order valence-electron chi connectivity index (χ0n) is 11.8. The molecule has 0 aliphatic rings. The zero-order chi connectivity index (χ0) is 15.1. The van der Waals surface area contributed by atoms with Crippen LogP contribution in [0.4, 0.5) is 5.69 Å². The quantitative estimate of drug-likeness (QED) is 0.271. The molecule has 0 saturated carbocycles. The van der Waals surface area contributed by atoms with Crippen molar-refractivity contribution in [1.82, 2.24) is 0 Å². The van der Waals surface area contributed by atoms with Crippen molar-refractivity contribution in [2.24, 2.45) is 0 Å². The number of nitro benzene ring substituents is 1. The van der Waals surface area contributed by atoms with Crippen molar-refractivity contribution in [3.63, 3.8) is 0 Å². The predicted octanol–water partition coefficient (Wildman–Crippen LogP) is 3.51. The lowest BCUT2D eigenvalue weighted by molar-refractivity contribution is -0.384. The predicted molar refractivity (Wildman–Crippen MR) is 77.1 cm³/mol. The van der Waals surface area contributed by atoms with Crippen LogP contribution in [0.25, 0.3) is 6.08 Å². The van der Waals surface area contributed by atoms with Crippen molar-refractivity contribution in [2.75, 3.05) is 6.61 Å². The van der Waals surface area contributed by atoms with Crippen molar-refractivity contribution < 1.29 is 14.5 Å². The Bertz CT molecular complexity index is 556. The van der Waals surface area contributed by atoms with Crippen LogP contribution < -0.4 is 0 Å². The molecule has 5 heteroatoms. The number of hydrogen-bond acceptors (Lipinski definition) is 4. The summed E-state index contributed by atoms with van der Waals surface area (Å²) >= 11 is 0. The Labute approximate surface area is 117 Å². The third-order valence-electron chi connectivity index (χ3n) is 2.54. The van der Waals surface area contributed by atoms with Gasteiger partial charge in [0.05, 0.1) is 11.5 Å². The topological polar surface area (TPSA) is 69.4 Å². The van der Waals surface area contributed by atoms with E-state index >= 15 is 0 Å². The van der Waals surface area contributed by atoms with Gasteiger partial charge < -0.3 is 4.74 Å². The second-order valence-electron chi connectivity index (χ2n) is 4.28. The summed E-state index contributed by atoms with van der Waals surface area (Å²) in [5.41, 5.74) is 2.27. The van der Waals surface area contributed by atoms with Gasteiger partial charge in [-0.05, 0) is 44.5 Å². The number of nitrogens with zero attached hydrogens (tertiary/aromatic N) is 1. The van der Waals surface area contributed by atoms with E-state index in [1.54, 1.807) is 32.1 Å². The fourth-order valence-electron chi connectivity index (χ4n) is 1.64. The normalized spacial score (nSPS) is 12.2. The minimum Gasteiger partial charge on any atom is -0.463 e. The first-order chi connectivity index (χ1) is 9.43. The fourth-order valence-corrected chi connectivity index (χ4v) is 1.64. The Morgan fingerprint density at radius 3 is 2.40 bits per heavy atom. The molecule has 106 valence electrons. The second-order valence-corrected chi connectivity index (χ2v) is 4.28. The number of hydrogen-bond donors (Lipinski definition) is 0. The van der Waals surface area contributed by atoms with Crippen LogP contribution in [0.2, 0.25) is 0 Å². The van der Waals surface area contributed by atoms with Gasteiger partial charge >= 0.3 is 5.97 Å². The molecule has 1 aromatic carbocycles. The van der Waals surface area contributed by atoms with Gasteiger partial charge in [-0.15, -0.1) is 0 Å². The number of rotatable bonds is 5. The van der Waals surface area contributed by atoms with Crippen LogP contribution >= 0.6 is 0 Å². The van der Waals surface area contributed by atoms with Gasteiger partial charge in [-0.3, -0.25) is 10.1 Å². The van der Waals surface area contributed by atoms with Crippen molar-refractivity contribution in [1.29, 1.82) is 0 Å². The Hall–Kier alpha value is -2.43. The van der Waals surface area contributed by atoms with Gasteiger partial charge in [-0.2, -0.15) is 0 Å². The summed E-state index contributed by atoms with van der Waals surface area (Å²) in [7, 11) is 0. The van der Waals surface area contributed by atoms with Crippen LogP contribution in [0.15, 0.2) is 41.5 Å². The molecule has 0 aliphatic carbocycles. The van der Waals surface area contributed by atoms with Crippen molar-refractivity contribution in [2.45, 2.75) is 20.8 Å². The molecule has 0 bridgehead atoms. The Balaban J connectivity index is 2.85. The SMILES string of the molecule is CCOC(=O)C(C)=CC(C)=Cc1ccc([N+](=O)[O-])cc1. The van der Waals surface area contributed by atoms with Gasteiger partial charge in [0, 0.05) is 17.7 Å². The lowest BCUT2D eigenvalue weighted by Gasteiger charge is -2.02. The highest BCUT2D eigenvalue weighted by Gasteiger charge is 2.05. The summed E-state index contributed by atoms with van der Waals surface area (Å²) in [6.45, 7) is 5.63. The maximum atomic E-state index is 11.5. The van der Waals surface area contributed by atoms with E-state index < -0.39 is 4.92 Å². The van der Waals surface area contributed by atoms with E-state index in [-0.39, 0.29) is 11.7 Å². The van der Waals surface area contributed by atoms with E-state index in [4.69, 9.17) is 4.74 Å². The Kier molecular flexibility index (Phi) is 5.65. The molecule has 1 rings (SSSR count). The minimum atomic E-state index is -0.439. The molecule has 0 saturated heterocycles. The Morgan fingerprint density at radius 1 is 1.30 bits per heavy atom. The van der Waals surface area contributed by atoms with E-state index in [1.807, 2.05) is 13.0 Å². The summed E-state index contributed by atoms with van der Waals surface area (Å²) in [5.74, 6) is -0.344. The van der Waals surface area contributed by atoms with Crippen LogP contribution in [0.5, 0.6) is 0 Å². The summed E-state index contributed by atoms with van der Waals surface area (Å²) in [5, 5.41) is 10.5. The number of nitro groups is 1. The molecular formula is C15H17NO4. The monoisotopic (exact) mass is 275 g/mol. The first-order valence-corrected chi connectivity index (χ1v) is 6.22. The number of allylic oxidation sites excluding steroid dienone is 2. The second kappa shape index (κ2) is 7.23. The van der Waals surface area contributed by atoms with Crippen molar-refractivity contribution in [3.05, 3.63) is 57.2 Å². The number of carbonyl (C=O) groups is 1. The van der Waals surface area contributed by atoms with E-state index in [2.05, 4.69) is 0 Å². The number of benzene rings is 1. The molecule has 0 aromatic heterocycles. The first kappa shape index (κ1) is 15.6. The van der Waals surface area contributed by atoms with Gasteiger partial charge in [0.1, 0.15) is 0 Å². The van der Waals surface area contributed by atoms with Gasteiger partial charge in [0.2, 0.25) is 0 Å². The van der Waals surface area contributed by atoms with Crippen LogP contribution in [-0.2, 0) is 9.53 Å². The molecule has 5 nitrogen and oxygen atoms in total. The van der Waals surface area contributed by atoms with Crippen molar-refractivity contribution in [3.8, 4) is 0 Å². The average molecular weight is 275 g/mol. The largest absolute Gasteiger partial charge is 0.463 e. The maximum absolute atomic E-state index is 11.5. The molecule has 0 fully saturated rings. The van der Waals surface area contributed by atoms with Crippen LogP contribution in [0.3, 0.4) is 0 Å². The minimum absolute atomic E-state index is 0.0537. The molecule has 0 aliphatic heterocycles. The Morgan fingerprint density at radius 2 is 1.90 bits per heavy atom.